The summed E-state index contributed by atoms with van der Waals surface area (Å²) in [5.41, 5.74) is 6.28. The molecular formula is C9H19NO8P2S. The first-order valence-corrected chi connectivity index (χ1v) is 9.28. The Morgan fingerprint density at radius 2 is 1.43 bits per heavy atom. The summed E-state index contributed by atoms with van der Waals surface area (Å²) >= 11 is 0.880. The van der Waals surface area contributed by atoms with Crippen LogP contribution < -0.4 is 5.73 Å². The molecule has 21 heavy (non-hydrogen) atoms. The van der Waals surface area contributed by atoms with Gasteiger partial charge >= 0.3 is 15.2 Å². The minimum atomic E-state index is -5.16. The van der Waals surface area contributed by atoms with Gasteiger partial charge in [-0.1, -0.05) is 17.7 Å². The zero-order valence-electron chi connectivity index (χ0n) is 11.0. The quantitative estimate of drug-likeness (QED) is 0.337. The molecule has 0 fully saturated rings. The van der Waals surface area contributed by atoms with Crippen molar-refractivity contribution in [1.29, 1.82) is 0 Å². The van der Waals surface area contributed by atoms with Gasteiger partial charge in [0.15, 0.2) is 0 Å². The lowest BCUT2D eigenvalue weighted by atomic mass is 10.2. The van der Waals surface area contributed by atoms with Crippen LogP contribution in [0.15, 0.2) is 29.2 Å². The smallest absolute Gasteiger partial charge is 0.358 e. The van der Waals surface area contributed by atoms with Crippen molar-refractivity contribution in [1.82, 2.24) is 0 Å². The van der Waals surface area contributed by atoms with Gasteiger partial charge in [0.1, 0.15) is 0 Å². The summed E-state index contributed by atoms with van der Waals surface area (Å²) in [5, 5.41) is -2.88. The minimum absolute atomic E-state index is 0. The predicted molar refractivity (Wildman–Crippen MR) is 80.1 cm³/mol. The molecule has 0 aliphatic heterocycles. The molecule has 0 heterocycles. The maximum atomic E-state index is 11.2. The highest BCUT2D eigenvalue weighted by Gasteiger charge is 2.57. The van der Waals surface area contributed by atoms with E-state index in [1.165, 1.54) is 0 Å². The third-order valence-corrected chi connectivity index (χ3v) is 8.01. The Balaban J connectivity index is 0. The lowest BCUT2D eigenvalue weighted by Gasteiger charge is -2.30. The Hall–Kier alpha value is -0.250. The molecule has 9 nitrogen and oxygen atoms in total. The van der Waals surface area contributed by atoms with Crippen LogP contribution in [0.2, 0.25) is 0 Å². The van der Waals surface area contributed by atoms with E-state index in [2.05, 4.69) is 0 Å². The fourth-order valence-corrected chi connectivity index (χ4v) is 4.96. The summed E-state index contributed by atoms with van der Waals surface area (Å²) in [7, 11) is -10.3. The van der Waals surface area contributed by atoms with Crippen LogP contribution in [0, 0.1) is 6.92 Å². The molecule has 1 aromatic carbocycles. The topological polar surface area (TPSA) is 204 Å². The van der Waals surface area contributed by atoms with E-state index in [4.69, 9.17) is 25.3 Å². The van der Waals surface area contributed by atoms with E-state index in [-0.39, 0.29) is 11.0 Å². The van der Waals surface area contributed by atoms with Gasteiger partial charge in [-0.25, -0.2) is 0 Å². The summed E-state index contributed by atoms with van der Waals surface area (Å²) in [5.74, 6) is -0.593. The van der Waals surface area contributed by atoms with Crippen LogP contribution in [0.4, 0.5) is 0 Å². The molecular weight excluding hydrogens is 344 g/mol. The second-order valence-electron chi connectivity index (χ2n) is 4.07. The molecule has 0 atom stereocenters. The van der Waals surface area contributed by atoms with Crippen LogP contribution in [0.25, 0.3) is 0 Å². The third kappa shape index (κ3) is 5.46. The lowest BCUT2D eigenvalue weighted by Crippen LogP contribution is -2.41. The highest BCUT2D eigenvalue weighted by atomic mass is 32.2. The molecule has 0 aliphatic rings. The van der Waals surface area contributed by atoms with Crippen LogP contribution in [0.1, 0.15) is 5.56 Å². The molecule has 0 aromatic heterocycles. The summed E-state index contributed by atoms with van der Waals surface area (Å²) in [6.45, 7) is 1.87. The summed E-state index contributed by atoms with van der Waals surface area (Å²) in [6.07, 6.45) is 0. The Bertz CT molecular complexity index is 517. The van der Waals surface area contributed by atoms with Crippen molar-refractivity contribution in [2.24, 2.45) is 5.73 Å². The van der Waals surface area contributed by atoms with Gasteiger partial charge in [-0.3, -0.25) is 9.13 Å². The van der Waals surface area contributed by atoms with Crippen LogP contribution in [-0.4, -0.2) is 41.3 Å². The van der Waals surface area contributed by atoms with Crippen molar-refractivity contribution in [2.75, 3.05) is 5.75 Å². The van der Waals surface area contributed by atoms with E-state index in [1.54, 1.807) is 24.3 Å². The number of benzene rings is 1. The van der Waals surface area contributed by atoms with Crippen molar-refractivity contribution in [3.63, 3.8) is 0 Å². The first kappa shape index (κ1) is 23.0. The van der Waals surface area contributed by atoms with Gasteiger partial charge in [0.25, 0.3) is 0 Å². The zero-order chi connectivity index (χ0) is 14.9. The highest BCUT2D eigenvalue weighted by Crippen LogP contribution is 2.66. The molecule has 0 unspecified atom stereocenters. The van der Waals surface area contributed by atoms with Gasteiger partial charge in [0, 0.05) is 10.6 Å². The SMILES string of the molecule is Cc1ccc(SCC(N)(P(=O)(O)O)P(=O)(O)O)cc1.O.O. The van der Waals surface area contributed by atoms with Crippen LogP contribution in [-0.2, 0) is 9.13 Å². The molecule has 0 radical (unpaired) electrons. The average molecular weight is 363 g/mol. The first-order chi connectivity index (χ1) is 8.47. The summed E-state index contributed by atoms with van der Waals surface area (Å²) in [6, 6.07) is 6.91. The fraction of sp³-hybridized carbons (Fsp3) is 0.333. The zero-order valence-corrected chi connectivity index (χ0v) is 13.6. The number of aryl methyl sites for hydroxylation is 1. The van der Waals surface area contributed by atoms with Crippen molar-refractivity contribution in [3.05, 3.63) is 29.8 Å². The van der Waals surface area contributed by atoms with E-state index in [0.29, 0.717) is 4.90 Å². The van der Waals surface area contributed by atoms with Gasteiger partial charge in [0.05, 0.1) is 0 Å². The van der Waals surface area contributed by atoms with E-state index < -0.39 is 26.0 Å². The first-order valence-electron chi connectivity index (χ1n) is 5.07. The number of nitrogens with two attached hydrogens (primary N) is 1. The van der Waals surface area contributed by atoms with E-state index in [9.17, 15) is 9.13 Å². The Kier molecular flexibility index (Phi) is 8.60. The van der Waals surface area contributed by atoms with Gasteiger partial charge in [-0.15, -0.1) is 11.8 Å². The van der Waals surface area contributed by atoms with Crippen molar-refractivity contribution >= 4 is 27.0 Å². The Morgan fingerprint density at radius 1 is 1.05 bits per heavy atom. The Morgan fingerprint density at radius 3 is 1.76 bits per heavy atom. The fourth-order valence-electron chi connectivity index (χ4n) is 1.16. The molecule has 0 spiro atoms. The maximum Gasteiger partial charge on any atom is 0.358 e. The lowest BCUT2D eigenvalue weighted by molar-refractivity contribution is 0.316. The van der Waals surface area contributed by atoms with Crippen molar-refractivity contribution in [2.45, 2.75) is 16.8 Å². The van der Waals surface area contributed by atoms with E-state index in [1.807, 2.05) is 6.92 Å². The van der Waals surface area contributed by atoms with Gasteiger partial charge in [-0.2, -0.15) is 0 Å². The molecule has 0 amide bonds. The number of hydrogen-bond acceptors (Lipinski definition) is 4. The van der Waals surface area contributed by atoms with Gasteiger partial charge in [0.2, 0.25) is 5.02 Å². The highest BCUT2D eigenvalue weighted by molar-refractivity contribution is 8.00. The van der Waals surface area contributed by atoms with Crippen LogP contribution in [0.3, 0.4) is 0 Å². The molecule has 0 aliphatic carbocycles. The average Bonchev–Trinajstić information content (AvgIpc) is 2.24. The standard InChI is InChI=1S/C9H15NO6P2S.2H2O/c1-7-2-4-8(5-3-7)19-6-9(10,17(11,12)13)18(14,15)16;;/h2-5H,6,10H2,1H3,(H2,11,12,13)(H2,14,15,16);2*1H2. The number of hydrogen-bond donors (Lipinski definition) is 5. The molecule has 124 valence electrons. The molecule has 1 rings (SSSR count). The van der Waals surface area contributed by atoms with E-state index in [0.717, 1.165) is 17.3 Å². The minimum Gasteiger partial charge on any atom is -0.412 e. The third-order valence-electron chi connectivity index (χ3n) is 2.48. The maximum absolute atomic E-state index is 11.2. The normalized spacial score (nSPS) is 12.3. The molecule has 12 heteroatoms. The van der Waals surface area contributed by atoms with E-state index >= 15 is 0 Å². The molecule has 0 saturated carbocycles. The molecule has 0 bridgehead atoms. The summed E-state index contributed by atoms with van der Waals surface area (Å²) in [4.78, 5) is 36.9. The monoisotopic (exact) mass is 363 g/mol. The van der Waals surface area contributed by atoms with Crippen molar-refractivity contribution < 1.29 is 39.7 Å². The second kappa shape index (κ2) is 7.85. The molecule has 0 saturated heterocycles. The largest absolute Gasteiger partial charge is 0.412 e. The molecule has 1 aromatic rings. The van der Waals surface area contributed by atoms with Crippen molar-refractivity contribution in [3.8, 4) is 0 Å². The van der Waals surface area contributed by atoms with Gasteiger partial charge < -0.3 is 36.3 Å². The Labute approximate surface area is 125 Å². The van der Waals surface area contributed by atoms with Crippen LogP contribution >= 0.6 is 27.0 Å². The molecule has 10 N–H and O–H groups in total. The van der Waals surface area contributed by atoms with Gasteiger partial charge in [-0.05, 0) is 19.1 Å². The number of rotatable bonds is 5. The predicted octanol–water partition coefficient (Wildman–Crippen LogP) is -0.594. The summed E-state index contributed by atoms with van der Waals surface area (Å²) < 4.78 is 22.5. The van der Waals surface area contributed by atoms with Crippen LogP contribution in [0.5, 0.6) is 0 Å². The number of thioether (sulfide) groups is 1. The second-order valence-corrected chi connectivity index (χ2v) is 9.24.